The summed E-state index contributed by atoms with van der Waals surface area (Å²) in [5, 5.41) is 5.63. The highest BCUT2D eigenvalue weighted by Crippen LogP contribution is 2.20. The van der Waals surface area contributed by atoms with Gasteiger partial charge in [-0.25, -0.2) is 14.6 Å². The summed E-state index contributed by atoms with van der Waals surface area (Å²) >= 11 is 0. The van der Waals surface area contributed by atoms with Crippen LogP contribution in [0, 0.1) is 0 Å². The van der Waals surface area contributed by atoms with E-state index in [0.29, 0.717) is 12.3 Å². The molecule has 0 saturated heterocycles. The summed E-state index contributed by atoms with van der Waals surface area (Å²) in [4.78, 5) is 30.3. The lowest BCUT2D eigenvalue weighted by atomic mass is 10.1. The average molecular weight is 358 g/mol. The molecule has 138 valence electrons. The van der Waals surface area contributed by atoms with Crippen LogP contribution < -0.4 is 15.4 Å². The minimum absolute atomic E-state index is 0.239. The van der Waals surface area contributed by atoms with E-state index >= 15 is 0 Å². The Morgan fingerprint density at radius 1 is 1.27 bits per heavy atom. The molecule has 2 heterocycles. The molecule has 0 bridgehead atoms. The molecule has 0 radical (unpaired) electrons. The summed E-state index contributed by atoms with van der Waals surface area (Å²) in [6.45, 7) is 5.71. The number of nitrogens with one attached hydrogen (secondary N) is 2. The van der Waals surface area contributed by atoms with Crippen molar-refractivity contribution in [1.29, 1.82) is 0 Å². The van der Waals surface area contributed by atoms with Crippen LogP contribution in [0.4, 0.5) is 9.59 Å². The minimum Gasteiger partial charge on any atom is -0.444 e. The quantitative estimate of drug-likeness (QED) is 0.751. The fourth-order valence-corrected chi connectivity index (χ4v) is 2.62. The molecule has 8 heteroatoms. The van der Waals surface area contributed by atoms with Gasteiger partial charge in [0.1, 0.15) is 11.4 Å². The highest BCUT2D eigenvalue weighted by atomic mass is 16.6. The number of amides is 2. The first-order chi connectivity index (χ1) is 12.3. The van der Waals surface area contributed by atoms with E-state index in [2.05, 4.69) is 15.6 Å². The highest BCUT2D eigenvalue weighted by molar-refractivity contribution is 5.95. The Bertz CT molecular complexity index is 739. The van der Waals surface area contributed by atoms with Crippen molar-refractivity contribution in [2.75, 3.05) is 6.54 Å². The van der Waals surface area contributed by atoms with E-state index in [1.54, 1.807) is 45.0 Å². The summed E-state index contributed by atoms with van der Waals surface area (Å²) in [5.41, 5.74) is -0.610. The summed E-state index contributed by atoms with van der Waals surface area (Å²) in [5.74, 6) is 0.726. The lowest BCUT2D eigenvalue weighted by Gasteiger charge is -2.30. The molecule has 2 aliphatic rings. The van der Waals surface area contributed by atoms with Gasteiger partial charge in [-0.1, -0.05) is 30.4 Å². The van der Waals surface area contributed by atoms with Gasteiger partial charge in [0.15, 0.2) is 6.17 Å². The fraction of sp³-hybridized carbons (Fsp3) is 0.389. The first-order valence-corrected chi connectivity index (χ1v) is 8.36. The van der Waals surface area contributed by atoms with Crippen LogP contribution in [0.25, 0.3) is 0 Å². The second-order valence-corrected chi connectivity index (χ2v) is 6.95. The van der Waals surface area contributed by atoms with Crippen LogP contribution in [0.3, 0.4) is 0 Å². The molecule has 2 atom stereocenters. The number of fused-ring (bicyclic) bond motifs is 1. The number of ether oxygens (including phenoxy) is 2. The molecule has 0 fully saturated rings. The average Bonchev–Trinajstić information content (AvgIpc) is 2.95. The second kappa shape index (κ2) is 7.07. The highest BCUT2D eigenvalue weighted by Gasteiger charge is 2.38. The van der Waals surface area contributed by atoms with Crippen molar-refractivity contribution < 1.29 is 19.1 Å². The van der Waals surface area contributed by atoms with Crippen molar-refractivity contribution >= 4 is 18.1 Å². The molecule has 0 spiro atoms. The molecule has 0 aromatic heterocycles. The Morgan fingerprint density at radius 2 is 2.00 bits per heavy atom. The van der Waals surface area contributed by atoms with Gasteiger partial charge in [0, 0.05) is 6.54 Å². The van der Waals surface area contributed by atoms with Crippen LogP contribution in [-0.2, 0) is 4.74 Å². The number of benzene rings is 1. The van der Waals surface area contributed by atoms with Gasteiger partial charge in [-0.3, -0.25) is 10.2 Å². The third-order valence-electron chi connectivity index (χ3n) is 3.65. The van der Waals surface area contributed by atoms with E-state index in [1.807, 2.05) is 18.2 Å². The van der Waals surface area contributed by atoms with Crippen LogP contribution in [0.1, 0.15) is 20.8 Å². The fourth-order valence-electron chi connectivity index (χ4n) is 2.62. The number of aliphatic imine (C=N–C) groups is 1. The third kappa shape index (κ3) is 4.33. The van der Waals surface area contributed by atoms with Crippen molar-refractivity contribution in [2.45, 2.75) is 38.6 Å². The zero-order chi connectivity index (χ0) is 18.7. The molecule has 2 N–H and O–H groups in total. The van der Waals surface area contributed by atoms with Gasteiger partial charge >= 0.3 is 12.2 Å². The molecule has 26 heavy (non-hydrogen) atoms. The van der Waals surface area contributed by atoms with Gasteiger partial charge in [-0.2, -0.15) is 0 Å². The molecule has 1 aromatic carbocycles. The van der Waals surface area contributed by atoms with Crippen molar-refractivity contribution in [3.05, 3.63) is 42.5 Å². The predicted octanol–water partition coefficient (Wildman–Crippen LogP) is 2.24. The van der Waals surface area contributed by atoms with Gasteiger partial charge < -0.3 is 14.8 Å². The molecule has 0 saturated carbocycles. The SMILES string of the molecule is CC(C)(C)OC(=O)NC1=N[C@H]2[C@H](C=CCN2C(=O)Oc2ccccc2)N1. The number of guanidine groups is 1. The molecule has 0 aliphatic carbocycles. The topological polar surface area (TPSA) is 92.3 Å². The van der Waals surface area contributed by atoms with Crippen LogP contribution >= 0.6 is 0 Å². The molecule has 8 nitrogen and oxygen atoms in total. The van der Waals surface area contributed by atoms with Crippen molar-refractivity contribution in [3.63, 3.8) is 0 Å². The van der Waals surface area contributed by atoms with Crippen molar-refractivity contribution in [1.82, 2.24) is 15.5 Å². The number of carbonyl (C=O) groups is 2. The summed E-state index contributed by atoms with van der Waals surface area (Å²) in [6, 6.07) is 8.61. The molecular formula is C18H22N4O4. The maximum Gasteiger partial charge on any atom is 0.417 e. The Balaban J connectivity index is 1.66. The normalized spacial score (nSPS) is 21.3. The number of alkyl carbamates (subject to hydrolysis) is 1. The van der Waals surface area contributed by atoms with Gasteiger partial charge in [-0.05, 0) is 32.9 Å². The second-order valence-electron chi connectivity index (χ2n) is 6.95. The Kier molecular flexibility index (Phi) is 4.83. The van der Waals surface area contributed by atoms with Gasteiger partial charge in [-0.15, -0.1) is 0 Å². The molecule has 3 rings (SSSR count). The Morgan fingerprint density at radius 3 is 2.69 bits per heavy atom. The standard InChI is InChI=1S/C18H22N4O4/c1-18(2,3)26-16(23)21-15-19-13-10-7-11-22(14(13)20-15)17(24)25-12-8-5-4-6-9-12/h4-10,13-14H,11H2,1-3H3,(H2,19,20,21,23)/t13-,14+/m0/s1. The van der Waals surface area contributed by atoms with Crippen molar-refractivity contribution in [3.8, 4) is 5.75 Å². The Labute approximate surface area is 151 Å². The van der Waals surface area contributed by atoms with E-state index in [9.17, 15) is 9.59 Å². The maximum absolute atomic E-state index is 12.5. The van der Waals surface area contributed by atoms with Gasteiger partial charge in [0.25, 0.3) is 0 Å². The van der Waals surface area contributed by atoms with E-state index in [0.717, 1.165) is 0 Å². The van der Waals surface area contributed by atoms with E-state index in [-0.39, 0.29) is 12.0 Å². The lowest BCUT2D eigenvalue weighted by Crippen LogP contribution is -2.51. The monoisotopic (exact) mass is 358 g/mol. The van der Waals surface area contributed by atoms with E-state index in [4.69, 9.17) is 9.47 Å². The molecule has 0 unspecified atom stereocenters. The number of para-hydroxylation sites is 1. The van der Waals surface area contributed by atoms with Crippen LogP contribution in [-0.4, -0.2) is 47.4 Å². The lowest BCUT2D eigenvalue weighted by molar-refractivity contribution is 0.0561. The molecule has 2 aliphatic heterocycles. The zero-order valence-corrected chi connectivity index (χ0v) is 14.9. The van der Waals surface area contributed by atoms with Crippen molar-refractivity contribution in [2.24, 2.45) is 4.99 Å². The molecule has 1 aromatic rings. The number of hydrogen-bond donors (Lipinski definition) is 2. The molecule has 2 amide bonds. The predicted molar refractivity (Wildman–Crippen MR) is 95.8 cm³/mol. The van der Waals surface area contributed by atoms with Crippen LogP contribution in [0.5, 0.6) is 5.75 Å². The largest absolute Gasteiger partial charge is 0.444 e. The van der Waals surface area contributed by atoms with Crippen LogP contribution in [0.15, 0.2) is 47.5 Å². The van der Waals surface area contributed by atoms with Gasteiger partial charge in [0.05, 0.1) is 6.04 Å². The van der Waals surface area contributed by atoms with Gasteiger partial charge in [0.2, 0.25) is 5.96 Å². The zero-order valence-electron chi connectivity index (χ0n) is 14.9. The summed E-state index contributed by atoms with van der Waals surface area (Å²) in [6.07, 6.45) is 2.15. The maximum atomic E-state index is 12.5. The summed E-state index contributed by atoms with van der Waals surface area (Å²) in [7, 11) is 0. The summed E-state index contributed by atoms with van der Waals surface area (Å²) < 4.78 is 10.6. The van der Waals surface area contributed by atoms with Crippen LogP contribution in [0.2, 0.25) is 0 Å². The smallest absolute Gasteiger partial charge is 0.417 e. The number of carbonyl (C=O) groups excluding carboxylic acids is 2. The van der Waals surface area contributed by atoms with E-state index in [1.165, 1.54) is 4.90 Å². The number of nitrogens with zero attached hydrogens (tertiary/aromatic N) is 2. The molecular weight excluding hydrogens is 336 g/mol. The first kappa shape index (κ1) is 17.8. The third-order valence-corrected chi connectivity index (χ3v) is 3.65. The van der Waals surface area contributed by atoms with E-state index < -0.39 is 24.0 Å². The number of rotatable bonds is 1. The number of hydrogen-bond acceptors (Lipinski definition) is 6. The first-order valence-electron chi connectivity index (χ1n) is 8.36. The Hall–Kier alpha value is -3.03. The minimum atomic E-state index is -0.610.